The lowest BCUT2D eigenvalue weighted by Crippen LogP contribution is -2.34. The number of esters is 1. The first-order valence-electron chi connectivity index (χ1n) is 6.77. The van der Waals surface area contributed by atoms with Crippen LogP contribution in [0.3, 0.4) is 0 Å². The molecule has 2 aromatic rings. The summed E-state index contributed by atoms with van der Waals surface area (Å²) in [5.74, 6) is 0.490. The standard InChI is InChI=1S/C15H18N2O4S/c1-9-5-6-11(20-9)14-17-10(8-22-14)13(19)16-7-12(18)21-15(2,3)4/h5-6,8H,7H2,1-4H3,(H,16,19). The fourth-order valence-corrected chi connectivity index (χ4v) is 2.42. The van der Waals surface area contributed by atoms with E-state index in [0.29, 0.717) is 10.8 Å². The highest BCUT2D eigenvalue weighted by molar-refractivity contribution is 7.13. The summed E-state index contributed by atoms with van der Waals surface area (Å²) in [5, 5.41) is 4.73. The number of rotatable bonds is 4. The molecule has 0 aliphatic rings. The molecule has 0 unspecified atom stereocenters. The third-order valence-electron chi connectivity index (χ3n) is 2.50. The highest BCUT2D eigenvalue weighted by Gasteiger charge is 2.18. The van der Waals surface area contributed by atoms with Crippen LogP contribution < -0.4 is 5.32 Å². The Labute approximate surface area is 132 Å². The van der Waals surface area contributed by atoms with Gasteiger partial charge in [0.15, 0.2) is 10.8 Å². The molecule has 0 saturated heterocycles. The Hall–Kier alpha value is -2.15. The van der Waals surface area contributed by atoms with Crippen molar-refractivity contribution in [2.24, 2.45) is 0 Å². The van der Waals surface area contributed by atoms with Crippen molar-refractivity contribution in [3.05, 3.63) is 29.0 Å². The van der Waals surface area contributed by atoms with Crippen LogP contribution in [-0.2, 0) is 9.53 Å². The summed E-state index contributed by atoms with van der Waals surface area (Å²) in [4.78, 5) is 27.7. The summed E-state index contributed by atoms with van der Waals surface area (Å²) in [5.41, 5.74) is -0.329. The van der Waals surface area contributed by atoms with Crippen LogP contribution in [0.2, 0.25) is 0 Å². The lowest BCUT2D eigenvalue weighted by molar-refractivity contribution is -0.153. The van der Waals surface area contributed by atoms with Gasteiger partial charge < -0.3 is 14.5 Å². The SMILES string of the molecule is Cc1ccc(-c2nc(C(=O)NCC(=O)OC(C)(C)C)cs2)o1. The zero-order valence-corrected chi connectivity index (χ0v) is 13.7. The van der Waals surface area contributed by atoms with Crippen molar-refractivity contribution in [1.82, 2.24) is 10.3 Å². The van der Waals surface area contributed by atoms with Crippen molar-refractivity contribution in [3.8, 4) is 10.8 Å². The molecule has 6 nitrogen and oxygen atoms in total. The van der Waals surface area contributed by atoms with Crippen molar-refractivity contribution in [1.29, 1.82) is 0 Å². The topological polar surface area (TPSA) is 81.4 Å². The van der Waals surface area contributed by atoms with Gasteiger partial charge in [0.1, 0.15) is 23.6 Å². The van der Waals surface area contributed by atoms with Gasteiger partial charge in [0, 0.05) is 5.38 Å². The predicted octanol–water partition coefficient (Wildman–Crippen LogP) is 2.78. The van der Waals surface area contributed by atoms with E-state index in [9.17, 15) is 9.59 Å². The smallest absolute Gasteiger partial charge is 0.325 e. The summed E-state index contributed by atoms with van der Waals surface area (Å²) < 4.78 is 10.6. The molecular weight excluding hydrogens is 304 g/mol. The molecule has 0 aliphatic carbocycles. The third kappa shape index (κ3) is 4.42. The quantitative estimate of drug-likeness (QED) is 0.875. The van der Waals surface area contributed by atoms with Gasteiger partial charge in [-0.25, -0.2) is 4.98 Å². The van der Waals surface area contributed by atoms with Crippen molar-refractivity contribution in [2.75, 3.05) is 6.54 Å². The molecular formula is C15H18N2O4S. The highest BCUT2D eigenvalue weighted by Crippen LogP contribution is 2.25. The second-order valence-corrected chi connectivity index (χ2v) is 6.58. The number of hydrogen-bond acceptors (Lipinski definition) is 6. The number of carbonyl (C=O) groups is 2. The molecule has 0 atom stereocenters. The maximum absolute atomic E-state index is 12.0. The molecule has 2 rings (SSSR count). The molecule has 0 radical (unpaired) electrons. The fourth-order valence-electron chi connectivity index (χ4n) is 1.66. The Morgan fingerprint density at radius 3 is 2.68 bits per heavy atom. The Balaban J connectivity index is 1.94. The van der Waals surface area contributed by atoms with E-state index in [-0.39, 0.29) is 12.2 Å². The molecule has 1 N–H and O–H groups in total. The fraction of sp³-hybridized carbons (Fsp3) is 0.400. The lowest BCUT2D eigenvalue weighted by atomic mass is 10.2. The minimum absolute atomic E-state index is 0.192. The summed E-state index contributed by atoms with van der Waals surface area (Å²) in [6.45, 7) is 6.95. The summed E-state index contributed by atoms with van der Waals surface area (Å²) in [6.07, 6.45) is 0. The van der Waals surface area contributed by atoms with E-state index >= 15 is 0 Å². The summed E-state index contributed by atoms with van der Waals surface area (Å²) in [6, 6.07) is 3.63. The third-order valence-corrected chi connectivity index (χ3v) is 3.36. The highest BCUT2D eigenvalue weighted by atomic mass is 32.1. The Bertz CT molecular complexity index is 682. The first-order chi connectivity index (χ1) is 10.2. The van der Waals surface area contributed by atoms with E-state index in [0.717, 1.165) is 5.76 Å². The molecule has 2 heterocycles. The second-order valence-electron chi connectivity index (χ2n) is 5.72. The number of nitrogens with one attached hydrogen (secondary N) is 1. The van der Waals surface area contributed by atoms with Crippen molar-refractivity contribution in [2.45, 2.75) is 33.3 Å². The molecule has 7 heteroatoms. The number of hydrogen-bond donors (Lipinski definition) is 1. The minimum Gasteiger partial charge on any atom is -0.459 e. The van der Waals surface area contributed by atoms with Crippen molar-refractivity contribution in [3.63, 3.8) is 0 Å². The molecule has 0 spiro atoms. The maximum atomic E-state index is 12.0. The normalized spacial score (nSPS) is 11.3. The number of nitrogens with zero attached hydrogens (tertiary/aromatic N) is 1. The molecule has 118 valence electrons. The second kappa shape index (κ2) is 6.31. The van der Waals surface area contributed by atoms with E-state index < -0.39 is 17.5 Å². The Morgan fingerprint density at radius 1 is 1.36 bits per heavy atom. The van der Waals surface area contributed by atoms with E-state index in [1.54, 1.807) is 32.2 Å². The number of aromatic nitrogens is 1. The van der Waals surface area contributed by atoms with E-state index in [1.165, 1.54) is 11.3 Å². The van der Waals surface area contributed by atoms with Gasteiger partial charge in [0.05, 0.1) is 0 Å². The van der Waals surface area contributed by atoms with Gasteiger partial charge in [-0.2, -0.15) is 0 Å². The zero-order valence-electron chi connectivity index (χ0n) is 12.9. The monoisotopic (exact) mass is 322 g/mol. The largest absolute Gasteiger partial charge is 0.459 e. The molecule has 0 aliphatic heterocycles. The number of aryl methyl sites for hydroxylation is 1. The molecule has 0 saturated carbocycles. The zero-order chi connectivity index (χ0) is 16.3. The van der Waals surface area contributed by atoms with Gasteiger partial charge in [0.25, 0.3) is 5.91 Å². The molecule has 22 heavy (non-hydrogen) atoms. The number of amides is 1. The number of ether oxygens (including phenoxy) is 1. The van der Waals surface area contributed by atoms with Gasteiger partial charge in [0.2, 0.25) is 0 Å². The molecule has 0 fully saturated rings. The van der Waals surface area contributed by atoms with Crippen LogP contribution in [0.4, 0.5) is 0 Å². The van der Waals surface area contributed by atoms with E-state index in [4.69, 9.17) is 9.15 Å². The van der Waals surface area contributed by atoms with Gasteiger partial charge in [-0.3, -0.25) is 9.59 Å². The van der Waals surface area contributed by atoms with Crippen LogP contribution in [0.15, 0.2) is 21.9 Å². The average molecular weight is 322 g/mol. The molecule has 2 aromatic heterocycles. The van der Waals surface area contributed by atoms with Crippen molar-refractivity contribution >= 4 is 23.2 Å². The molecule has 0 bridgehead atoms. The predicted molar refractivity (Wildman–Crippen MR) is 82.7 cm³/mol. The molecule has 1 amide bonds. The Morgan fingerprint density at radius 2 is 2.09 bits per heavy atom. The van der Waals surface area contributed by atoms with Gasteiger partial charge in [-0.15, -0.1) is 11.3 Å². The van der Waals surface area contributed by atoms with Gasteiger partial charge in [-0.05, 0) is 39.8 Å². The van der Waals surface area contributed by atoms with Gasteiger partial charge >= 0.3 is 5.97 Å². The van der Waals surface area contributed by atoms with Crippen LogP contribution in [0.5, 0.6) is 0 Å². The van der Waals surface area contributed by atoms with E-state index in [2.05, 4.69) is 10.3 Å². The first kappa shape index (κ1) is 16.2. The van der Waals surface area contributed by atoms with Crippen LogP contribution in [0.25, 0.3) is 10.8 Å². The number of carbonyl (C=O) groups excluding carboxylic acids is 2. The van der Waals surface area contributed by atoms with E-state index in [1.807, 2.05) is 13.0 Å². The molecule has 0 aromatic carbocycles. The van der Waals surface area contributed by atoms with Crippen LogP contribution >= 0.6 is 11.3 Å². The van der Waals surface area contributed by atoms with Crippen LogP contribution in [0.1, 0.15) is 37.0 Å². The van der Waals surface area contributed by atoms with Crippen LogP contribution in [0, 0.1) is 6.92 Å². The number of thiazole rings is 1. The number of furan rings is 1. The van der Waals surface area contributed by atoms with Gasteiger partial charge in [-0.1, -0.05) is 0 Å². The Kier molecular flexibility index (Phi) is 4.65. The average Bonchev–Trinajstić information content (AvgIpc) is 3.02. The maximum Gasteiger partial charge on any atom is 0.325 e. The van der Waals surface area contributed by atoms with Crippen molar-refractivity contribution < 1.29 is 18.7 Å². The first-order valence-corrected chi connectivity index (χ1v) is 7.65. The summed E-state index contributed by atoms with van der Waals surface area (Å²) >= 11 is 1.31. The lowest BCUT2D eigenvalue weighted by Gasteiger charge is -2.19. The minimum atomic E-state index is -0.577. The summed E-state index contributed by atoms with van der Waals surface area (Å²) in [7, 11) is 0. The van der Waals surface area contributed by atoms with Crippen LogP contribution in [-0.4, -0.2) is 29.0 Å².